The second kappa shape index (κ2) is 12.6. The molecule has 10 atom stereocenters. The Labute approximate surface area is 214 Å². The van der Waals surface area contributed by atoms with Gasteiger partial charge in [0, 0.05) is 11.5 Å². The molecule has 0 bridgehead atoms. The molecule has 3 aliphatic rings. The third-order valence-corrected chi connectivity index (χ3v) is 6.68. The molecule has 0 aliphatic carbocycles. The summed E-state index contributed by atoms with van der Waals surface area (Å²) in [5.74, 6) is -3.19. The number of ether oxygens (including phenoxy) is 4. The van der Waals surface area contributed by atoms with Crippen LogP contribution in [0.2, 0.25) is 0 Å². The van der Waals surface area contributed by atoms with Crippen LogP contribution in [0.25, 0.3) is 0 Å². The lowest BCUT2D eigenvalue weighted by Gasteiger charge is -2.42. The molecule has 37 heavy (non-hydrogen) atoms. The molecular weight excluding hydrogens is 490 g/mol. The van der Waals surface area contributed by atoms with Gasteiger partial charge >= 0.3 is 5.97 Å². The van der Waals surface area contributed by atoms with Gasteiger partial charge in [-0.15, -0.1) is 6.58 Å². The number of quaternary nitrogens is 1. The number of carboxylic acid groups (broad SMARTS) is 1. The molecule has 1 fully saturated rings. The first-order chi connectivity index (χ1) is 17.6. The van der Waals surface area contributed by atoms with E-state index in [1.807, 2.05) is 6.08 Å². The molecule has 0 amide bonds. The van der Waals surface area contributed by atoms with E-state index < -0.39 is 73.4 Å². The number of hydrogen-bond donors (Lipinski definition) is 5. The van der Waals surface area contributed by atoms with Crippen molar-refractivity contribution < 1.29 is 59.0 Å². The first kappa shape index (κ1) is 28.7. The molecule has 1 saturated heterocycles. The molecule has 3 aliphatic heterocycles. The van der Waals surface area contributed by atoms with Crippen LogP contribution >= 0.6 is 0 Å². The number of carboxylic acids is 1. The monoisotopic (exact) mass is 523 g/mol. The van der Waals surface area contributed by atoms with Gasteiger partial charge in [-0.2, -0.15) is 0 Å². The van der Waals surface area contributed by atoms with E-state index in [0.717, 1.165) is 5.57 Å². The second-order valence-corrected chi connectivity index (χ2v) is 8.99. The molecule has 12 heteroatoms. The molecule has 0 aromatic heterocycles. The van der Waals surface area contributed by atoms with Gasteiger partial charge in [0.1, 0.15) is 37.0 Å². The average Bonchev–Trinajstić information content (AvgIpc) is 2.91. The van der Waals surface area contributed by atoms with Gasteiger partial charge in [-0.05, 0) is 19.1 Å². The van der Waals surface area contributed by atoms with Crippen molar-refractivity contribution in [2.75, 3.05) is 20.3 Å². The zero-order chi connectivity index (χ0) is 27.3. The van der Waals surface area contributed by atoms with Crippen LogP contribution in [0.3, 0.4) is 0 Å². The van der Waals surface area contributed by atoms with Crippen molar-refractivity contribution in [2.24, 2.45) is 11.8 Å². The van der Waals surface area contributed by atoms with Crippen molar-refractivity contribution >= 4 is 11.9 Å². The van der Waals surface area contributed by atoms with Crippen LogP contribution in [0.5, 0.6) is 0 Å². The number of aliphatic carboxylic acids is 1. The third-order valence-electron chi connectivity index (χ3n) is 6.68. The van der Waals surface area contributed by atoms with Crippen molar-refractivity contribution in [1.82, 2.24) is 0 Å². The zero-order valence-corrected chi connectivity index (χ0v) is 20.5. The number of carbonyl (C=O) groups is 2. The van der Waals surface area contributed by atoms with Crippen LogP contribution < -0.4 is 10.0 Å². The summed E-state index contributed by atoms with van der Waals surface area (Å²) in [6.07, 6.45) is 2.78. The lowest BCUT2D eigenvalue weighted by atomic mass is 9.83. The van der Waals surface area contributed by atoms with Gasteiger partial charge in [-0.3, -0.25) is 4.90 Å². The number of methoxy groups -OCH3 is 1. The maximum Gasteiger partial charge on any atom is 0.337 e. The molecule has 204 valence electrons. The highest BCUT2D eigenvalue weighted by atomic mass is 16.8. The Hall–Kier alpha value is -2.84. The van der Waals surface area contributed by atoms with Crippen molar-refractivity contribution in [3.63, 3.8) is 0 Å². The van der Waals surface area contributed by atoms with Gasteiger partial charge < -0.3 is 49.3 Å². The summed E-state index contributed by atoms with van der Waals surface area (Å²) in [4.78, 5) is 24.4. The van der Waals surface area contributed by atoms with E-state index in [0.29, 0.717) is 11.4 Å². The lowest BCUT2D eigenvalue weighted by molar-refractivity contribution is -0.860. The Balaban J connectivity index is 1.83. The Morgan fingerprint density at radius 2 is 2.00 bits per heavy atom. The van der Waals surface area contributed by atoms with Crippen LogP contribution in [-0.4, -0.2) is 95.7 Å². The van der Waals surface area contributed by atoms with E-state index >= 15 is 0 Å². The Bertz CT molecular complexity index is 972. The summed E-state index contributed by atoms with van der Waals surface area (Å²) in [5, 5.41) is 51.1. The number of aliphatic hydroxyl groups excluding tert-OH is 4. The Morgan fingerprint density at radius 1 is 1.27 bits per heavy atom. The number of carbonyl (C=O) groups excluding carboxylic acids is 2. The highest BCUT2D eigenvalue weighted by Gasteiger charge is 2.47. The summed E-state index contributed by atoms with van der Waals surface area (Å²) >= 11 is 0. The maximum absolute atomic E-state index is 12.5. The van der Waals surface area contributed by atoms with Gasteiger partial charge in [0.25, 0.3) is 0 Å². The van der Waals surface area contributed by atoms with Gasteiger partial charge in [-0.1, -0.05) is 18.2 Å². The van der Waals surface area contributed by atoms with Crippen LogP contribution in [0.15, 0.2) is 60.6 Å². The second-order valence-electron chi connectivity index (χ2n) is 8.99. The molecular formula is C25H33NO11. The van der Waals surface area contributed by atoms with Gasteiger partial charge in [0.2, 0.25) is 6.29 Å². The van der Waals surface area contributed by atoms with Crippen LogP contribution in [-0.2, 0) is 28.5 Å². The van der Waals surface area contributed by atoms with Crippen LogP contribution in [0.4, 0.5) is 0 Å². The maximum atomic E-state index is 12.5. The summed E-state index contributed by atoms with van der Waals surface area (Å²) in [7, 11) is 1.22. The average molecular weight is 524 g/mol. The first-order valence-corrected chi connectivity index (χ1v) is 11.8. The van der Waals surface area contributed by atoms with E-state index in [1.165, 1.54) is 19.4 Å². The predicted molar refractivity (Wildman–Crippen MR) is 124 cm³/mol. The zero-order valence-electron chi connectivity index (χ0n) is 20.5. The standard InChI is InChI=1S/C25H33NO11/c1-4-15-16(8-7-14-6-5-9-26(10-14)13(2)22(31)32)17(23(33)34-3)12-35-24(15)37-25-21(30)20(29)19(28)18(11-27)36-25/h4-9,12-13,15-16,18-21,24-25,27-30H,1,10-11H2,2-3H3,(H,31,32). The van der Waals surface area contributed by atoms with Crippen molar-refractivity contribution in [3.05, 3.63) is 60.6 Å². The smallest absolute Gasteiger partial charge is 0.337 e. The van der Waals surface area contributed by atoms with Gasteiger partial charge in [0.05, 0.1) is 43.6 Å². The van der Waals surface area contributed by atoms with E-state index in [-0.39, 0.29) is 5.57 Å². The molecule has 0 radical (unpaired) electrons. The molecule has 3 rings (SSSR count). The first-order valence-electron chi connectivity index (χ1n) is 11.8. The van der Waals surface area contributed by atoms with Crippen molar-refractivity contribution in [3.8, 4) is 0 Å². The summed E-state index contributed by atoms with van der Waals surface area (Å²) in [6.45, 7) is 5.11. The van der Waals surface area contributed by atoms with Crippen molar-refractivity contribution in [2.45, 2.75) is 50.0 Å². The normalized spacial score (nSPS) is 36.8. The van der Waals surface area contributed by atoms with E-state index in [2.05, 4.69) is 6.58 Å². The number of esters is 1. The van der Waals surface area contributed by atoms with Crippen molar-refractivity contribution in [1.29, 1.82) is 0 Å². The Morgan fingerprint density at radius 3 is 2.62 bits per heavy atom. The highest BCUT2D eigenvalue weighted by molar-refractivity contribution is 5.89. The molecule has 0 aromatic rings. The fourth-order valence-electron chi connectivity index (χ4n) is 4.35. The summed E-state index contributed by atoms with van der Waals surface area (Å²) in [6, 6.07) is -0.765. The quantitative estimate of drug-likeness (QED) is 0.151. The minimum absolute atomic E-state index is 0.163. The lowest BCUT2D eigenvalue weighted by Crippen LogP contribution is -3.13. The largest absolute Gasteiger partial charge is 0.544 e. The van der Waals surface area contributed by atoms with E-state index in [4.69, 9.17) is 18.9 Å². The molecule has 5 N–H and O–H groups in total. The van der Waals surface area contributed by atoms with E-state index in [1.54, 1.807) is 31.4 Å². The van der Waals surface area contributed by atoms with Crippen LogP contribution in [0, 0.1) is 11.8 Å². The number of hydrogen-bond acceptors (Lipinski definition) is 11. The summed E-state index contributed by atoms with van der Waals surface area (Å²) in [5.41, 5.74) is 0.951. The minimum atomic E-state index is -1.65. The number of allylic oxidation sites excluding steroid dienone is 3. The number of aliphatic hydroxyl groups is 4. The number of nitrogens with one attached hydrogen (secondary N) is 1. The van der Waals surface area contributed by atoms with Gasteiger partial charge in [0.15, 0.2) is 6.29 Å². The molecule has 0 spiro atoms. The van der Waals surface area contributed by atoms with Gasteiger partial charge in [-0.25, -0.2) is 4.79 Å². The fraction of sp³-hybridized carbons (Fsp3) is 0.520. The molecule has 3 heterocycles. The minimum Gasteiger partial charge on any atom is -0.544 e. The molecule has 0 aromatic carbocycles. The third kappa shape index (κ3) is 6.36. The fourth-order valence-corrected chi connectivity index (χ4v) is 4.35. The topological polar surface area (TPSA) is 179 Å². The van der Waals surface area contributed by atoms with Crippen LogP contribution in [0.1, 0.15) is 6.92 Å². The number of rotatable bonds is 9. The van der Waals surface area contributed by atoms with E-state index in [9.17, 15) is 35.1 Å². The molecule has 12 nitrogen and oxygen atoms in total. The molecule has 0 saturated carbocycles. The SMILES string of the molecule is C=CC1C(OC2OC(CO)C(O)C(O)C2O)OC=C(C(=O)OC)C1C=CC1=CC=C[NH+](C(C)C(=O)[O-])C1. The highest BCUT2D eigenvalue weighted by Crippen LogP contribution is 2.36. The summed E-state index contributed by atoms with van der Waals surface area (Å²) < 4.78 is 21.7. The predicted octanol–water partition coefficient (Wildman–Crippen LogP) is -3.33. The Kier molecular flexibility index (Phi) is 9.79. The molecule has 10 unspecified atom stereocenters.